The van der Waals surface area contributed by atoms with Crippen molar-refractivity contribution in [2.45, 2.75) is 4.90 Å². The Morgan fingerprint density at radius 2 is 1.70 bits per heavy atom. The zero-order chi connectivity index (χ0) is 19.0. The normalized spacial score (nSPS) is 14.5. The zero-order valence-electron chi connectivity index (χ0n) is 14.6. The summed E-state index contributed by atoms with van der Waals surface area (Å²) in [5, 5.41) is 4.97. The van der Waals surface area contributed by atoms with E-state index in [1.165, 1.54) is 6.07 Å². The molecule has 7 heteroatoms. The van der Waals surface area contributed by atoms with Crippen molar-refractivity contribution in [1.82, 2.24) is 4.90 Å². The number of fused-ring (bicyclic) bond motifs is 2. The highest BCUT2D eigenvalue weighted by Crippen LogP contribution is 2.27. The van der Waals surface area contributed by atoms with E-state index in [0.29, 0.717) is 11.3 Å². The third-order valence-corrected chi connectivity index (χ3v) is 5.71. The summed E-state index contributed by atoms with van der Waals surface area (Å²) in [7, 11) is -2.05. The van der Waals surface area contributed by atoms with E-state index in [-0.39, 0.29) is 23.2 Å². The van der Waals surface area contributed by atoms with Gasteiger partial charge in [0.2, 0.25) is 5.91 Å². The predicted octanol–water partition coefficient (Wildman–Crippen LogP) is 2.86. The summed E-state index contributed by atoms with van der Waals surface area (Å²) in [4.78, 5) is 14.1. The third kappa shape index (κ3) is 3.29. The Balaban J connectivity index is 1.51. The first-order valence-electron chi connectivity index (χ1n) is 8.38. The fourth-order valence-electron chi connectivity index (χ4n) is 3.12. The van der Waals surface area contributed by atoms with Gasteiger partial charge in [-0.1, -0.05) is 42.5 Å². The Hall–Kier alpha value is -3.19. The van der Waals surface area contributed by atoms with Crippen LogP contribution in [0.1, 0.15) is 5.56 Å². The molecule has 1 aliphatic rings. The standard InChI is InChI=1S/C20H17N3O3S/c1-23(20-17-8-4-5-9-18(17)27(25,26)22-20)13-19(24)21-16-11-10-14-6-2-3-7-15(14)12-16/h2-12H,13H2,1H3,(H,21,24). The number of likely N-dealkylation sites (N-methyl/N-ethyl adjacent to an activating group) is 1. The smallest absolute Gasteiger partial charge is 0.285 e. The molecule has 0 radical (unpaired) electrons. The van der Waals surface area contributed by atoms with Gasteiger partial charge >= 0.3 is 0 Å². The summed E-state index contributed by atoms with van der Waals surface area (Å²) in [6.07, 6.45) is 0. The van der Waals surface area contributed by atoms with Crippen LogP contribution in [0.15, 0.2) is 76.0 Å². The number of amides is 1. The van der Waals surface area contributed by atoms with Crippen molar-refractivity contribution in [2.75, 3.05) is 18.9 Å². The Labute approximate surface area is 157 Å². The van der Waals surface area contributed by atoms with Crippen molar-refractivity contribution in [1.29, 1.82) is 0 Å². The molecule has 0 spiro atoms. The Kier molecular flexibility index (Phi) is 4.16. The molecule has 0 unspecified atom stereocenters. The van der Waals surface area contributed by atoms with Crippen LogP contribution in [-0.2, 0) is 14.8 Å². The summed E-state index contributed by atoms with van der Waals surface area (Å²) in [6.45, 7) is -0.0183. The zero-order valence-corrected chi connectivity index (χ0v) is 15.4. The number of benzene rings is 3. The Morgan fingerprint density at radius 3 is 2.52 bits per heavy atom. The number of nitrogens with zero attached hydrogens (tertiary/aromatic N) is 2. The Morgan fingerprint density at radius 1 is 1.00 bits per heavy atom. The van der Waals surface area contributed by atoms with Gasteiger partial charge in [0.05, 0.1) is 6.54 Å². The number of nitrogens with one attached hydrogen (secondary N) is 1. The molecule has 0 fully saturated rings. The molecule has 0 saturated heterocycles. The van der Waals surface area contributed by atoms with E-state index in [0.717, 1.165) is 10.8 Å². The van der Waals surface area contributed by atoms with Gasteiger partial charge < -0.3 is 10.2 Å². The van der Waals surface area contributed by atoms with Crippen LogP contribution in [0.25, 0.3) is 10.8 Å². The lowest BCUT2D eigenvalue weighted by Gasteiger charge is -2.18. The fraction of sp³-hybridized carbons (Fsp3) is 0.100. The second-order valence-electron chi connectivity index (χ2n) is 6.35. The first-order chi connectivity index (χ1) is 12.9. The van der Waals surface area contributed by atoms with Crippen LogP contribution >= 0.6 is 0 Å². The highest BCUT2D eigenvalue weighted by Gasteiger charge is 2.30. The minimum Gasteiger partial charge on any atom is -0.349 e. The molecule has 3 aromatic carbocycles. The molecule has 0 bridgehead atoms. The number of hydrogen-bond donors (Lipinski definition) is 1. The van der Waals surface area contributed by atoms with Gasteiger partial charge in [0.25, 0.3) is 10.0 Å². The lowest BCUT2D eigenvalue weighted by molar-refractivity contribution is -0.116. The predicted molar refractivity (Wildman–Crippen MR) is 105 cm³/mol. The largest absolute Gasteiger partial charge is 0.349 e. The maximum absolute atomic E-state index is 12.4. The van der Waals surface area contributed by atoms with Crippen LogP contribution in [-0.4, -0.2) is 38.7 Å². The molecule has 0 aromatic heterocycles. The van der Waals surface area contributed by atoms with Crippen molar-refractivity contribution in [2.24, 2.45) is 4.40 Å². The molecule has 6 nitrogen and oxygen atoms in total. The van der Waals surface area contributed by atoms with E-state index in [4.69, 9.17) is 0 Å². The monoisotopic (exact) mass is 379 g/mol. The lowest BCUT2D eigenvalue weighted by atomic mass is 10.1. The van der Waals surface area contributed by atoms with Crippen molar-refractivity contribution in [3.63, 3.8) is 0 Å². The number of amidine groups is 1. The minimum atomic E-state index is -3.70. The maximum Gasteiger partial charge on any atom is 0.285 e. The molecule has 136 valence electrons. The van der Waals surface area contributed by atoms with Crippen molar-refractivity contribution in [3.8, 4) is 0 Å². The molecular formula is C20H17N3O3S. The maximum atomic E-state index is 12.4. The number of carbonyl (C=O) groups excluding carboxylic acids is 1. The number of hydrogen-bond acceptors (Lipinski definition) is 4. The molecule has 4 rings (SSSR count). The summed E-state index contributed by atoms with van der Waals surface area (Å²) in [5.74, 6) is 0.0246. The topological polar surface area (TPSA) is 78.8 Å². The van der Waals surface area contributed by atoms with Gasteiger partial charge in [0.15, 0.2) is 5.84 Å². The molecule has 1 aliphatic heterocycles. The van der Waals surface area contributed by atoms with Gasteiger partial charge in [-0.3, -0.25) is 4.79 Å². The van der Waals surface area contributed by atoms with Crippen LogP contribution in [0.2, 0.25) is 0 Å². The second-order valence-corrected chi connectivity index (χ2v) is 7.92. The highest BCUT2D eigenvalue weighted by atomic mass is 32.2. The van der Waals surface area contributed by atoms with Crippen LogP contribution in [0.3, 0.4) is 0 Å². The summed E-state index contributed by atoms with van der Waals surface area (Å²) in [5.41, 5.74) is 1.20. The van der Waals surface area contributed by atoms with Gasteiger partial charge in [0, 0.05) is 18.3 Å². The van der Waals surface area contributed by atoms with Gasteiger partial charge in [0.1, 0.15) is 4.90 Å². The molecule has 27 heavy (non-hydrogen) atoms. The first-order valence-corrected chi connectivity index (χ1v) is 9.82. The molecule has 1 N–H and O–H groups in total. The van der Waals surface area contributed by atoms with Crippen molar-refractivity contribution in [3.05, 3.63) is 72.3 Å². The second kappa shape index (κ2) is 6.51. The minimum absolute atomic E-state index is 0.0183. The van der Waals surface area contributed by atoms with Gasteiger partial charge in [-0.25, -0.2) is 0 Å². The average molecular weight is 379 g/mol. The number of anilines is 1. The first kappa shape index (κ1) is 17.2. The average Bonchev–Trinajstić information content (AvgIpc) is 2.93. The quantitative estimate of drug-likeness (QED) is 0.759. The van der Waals surface area contributed by atoms with E-state index in [9.17, 15) is 13.2 Å². The molecule has 0 saturated carbocycles. The molecule has 1 amide bonds. The molecule has 1 heterocycles. The van der Waals surface area contributed by atoms with E-state index >= 15 is 0 Å². The van der Waals surface area contributed by atoms with E-state index in [2.05, 4.69) is 9.71 Å². The van der Waals surface area contributed by atoms with Crippen LogP contribution in [0.5, 0.6) is 0 Å². The van der Waals surface area contributed by atoms with Crippen LogP contribution in [0, 0.1) is 0 Å². The van der Waals surface area contributed by atoms with Crippen molar-refractivity contribution < 1.29 is 13.2 Å². The van der Waals surface area contributed by atoms with E-state index in [1.54, 1.807) is 30.1 Å². The molecular weight excluding hydrogens is 362 g/mol. The van der Waals surface area contributed by atoms with Crippen molar-refractivity contribution >= 4 is 38.2 Å². The summed E-state index contributed by atoms with van der Waals surface area (Å²) < 4.78 is 28.1. The van der Waals surface area contributed by atoms with E-state index in [1.807, 2.05) is 42.5 Å². The van der Waals surface area contributed by atoms with Crippen LogP contribution in [0.4, 0.5) is 5.69 Å². The summed E-state index contributed by atoms with van der Waals surface area (Å²) >= 11 is 0. The van der Waals surface area contributed by atoms with Crippen LogP contribution < -0.4 is 5.32 Å². The SMILES string of the molecule is CN(CC(=O)Nc1ccc2ccccc2c1)C1=NS(=O)(=O)c2ccccc21. The molecule has 3 aromatic rings. The lowest BCUT2D eigenvalue weighted by Crippen LogP contribution is -2.34. The molecule has 0 atom stereocenters. The van der Waals surface area contributed by atoms with Gasteiger partial charge in [-0.15, -0.1) is 4.40 Å². The molecule has 0 aliphatic carbocycles. The highest BCUT2D eigenvalue weighted by molar-refractivity contribution is 7.90. The summed E-state index contributed by atoms with van der Waals surface area (Å²) in [6, 6.07) is 20.2. The fourth-order valence-corrected chi connectivity index (χ4v) is 4.37. The number of carbonyl (C=O) groups is 1. The third-order valence-electron chi connectivity index (χ3n) is 4.39. The number of rotatable bonds is 3. The van der Waals surface area contributed by atoms with Gasteiger partial charge in [-0.2, -0.15) is 8.42 Å². The number of sulfonamides is 1. The van der Waals surface area contributed by atoms with Gasteiger partial charge in [-0.05, 0) is 35.0 Å². The Bertz CT molecular complexity index is 1190. The van der Waals surface area contributed by atoms with E-state index < -0.39 is 10.0 Å².